The van der Waals surface area contributed by atoms with Crippen molar-refractivity contribution in [1.29, 1.82) is 5.26 Å². The maximum absolute atomic E-state index is 11.2. The topological polar surface area (TPSA) is 50.1 Å². The summed E-state index contributed by atoms with van der Waals surface area (Å²) >= 11 is 0. The molecule has 0 aromatic heterocycles. The van der Waals surface area contributed by atoms with Gasteiger partial charge in [0.25, 0.3) is 0 Å². The number of hydrogen-bond donors (Lipinski definition) is 0. The molecule has 0 aliphatic carbocycles. The molecule has 0 N–H and O–H groups in total. The molecule has 0 rings (SSSR count). The van der Waals surface area contributed by atoms with Crippen LogP contribution in [0.25, 0.3) is 0 Å². The van der Waals surface area contributed by atoms with Gasteiger partial charge in [0.15, 0.2) is 0 Å². The summed E-state index contributed by atoms with van der Waals surface area (Å²) in [5, 5.41) is 8.90. The molecule has 0 aromatic carbocycles. The fraction of sp³-hybridized carbons (Fsp3) is 0.833. The van der Waals surface area contributed by atoms with Crippen LogP contribution in [0.2, 0.25) is 0 Å². The summed E-state index contributed by atoms with van der Waals surface area (Å²) in [4.78, 5) is 11.2. The van der Waals surface area contributed by atoms with Crippen LogP contribution >= 0.6 is 0 Å². The zero-order chi connectivity index (χ0) is 11.7. The van der Waals surface area contributed by atoms with Crippen molar-refractivity contribution in [3.8, 4) is 6.07 Å². The monoisotopic (exact) mass is 211 g/mol. The summed E-state index contributed by atoms with van der Waals surface area (Å²) in [7, 11) is 0. The van der Waals surface area contributed by atoms with Gasteiger partial charge in [0, 0.05) is 0 Å². The van der Waals surface area contributed by atoms with Gasteiger partial charge < -0.3 is 4.74 Å². The van der Waals surface area contributed by atoms with Crippen LogP contribution in [-0.2, 0) is 9.53 Å². The summed E-state index contributed by atoms with van der Waals surface area (Å²) in [5.74, 6) is 0.0624. The van der Waals surface area contributed by atoms with Crippen molar-refractivity contribution in [2.24, 2.45) is 11.8 Å². The van der Waals surface area contributed by atoms with E-state index in [9.17, 15) is 4.79 Å². The molecule has 0 aliphatic heterocycles. The van der Waals surface area contributed by atoms with Gasteiger partial charge in [-0.05, 0) is 19.3 Å². The Morgan fingerprint density at radius 3 is 2.60 bits per heavy atom. The van der Waals surface area contributed by atoms with Crippen molar-refractivity contribution in [3.63, 3.8) is 0 Å². The summed E-state index contributed by atoms with van der Waals surface area (Å²) < 4.78 is 4.83. The number of esters is 1. The molecule has 0 spiro atoms. The fourth-order valence-electron chi connectivity index (χ4n) is 1.70. The molecule has 0 saturated carbocycles. The van der Waals surface area contributed by atoms with Gasteiger partial charge in [-0.3, -0.25) is 4.79 Å². The number of nitrogens with zero attached hydrogens (tertiary/aromatic N) is 1. The minimum Gasteiger partial charge on any atom is -0.466 e. The Bertz CT molecular complexity index is 220. The molecule has 2 atom stereocenters. The van der Waals surface area contributed by atoms with Crippen LogP contribution in [0.15, 0.2) is 0 Å². The molecular weight excluding hydrogens is 190 g/mol. The highest BCUT2D eigenvalue weighted by Gasteiger charge is 2.16. The number of ether oxygens (including phenoxy) is 1. The highest BCUT2D eigenvalue weighted by Crippen LogP contribution is 2.19. The van der Waals surface area contributed by atoms with Crippen LogP contribution in [0.1, 0.15) is 46.5 Å². The lowest BCUT2D eigenvalue weighted by molar-refractivity contribution is -0.143. The Balaban J connectivity index is 3.93. The lowest BCUT2D eigenvalue weighted by Crippen LogP contribution is -2.13. The average molecular weight is 211 g/mol. The molecule has 0 heterocycles. The maximum atomic E-state index is 11.2. The third-order valence-corrected chi connectivity index (χ3v) is 2.37. The largest absolute Gasteiger partial charge is 0.466 e. The lowest BCUT2D eigenvalue weighted by atomic mass is 9.91. The third kappa shape index (κ3) is 6.96. The van der Waals surface area contributed by atoms with E-state index >= 15 is 0 Å². The van der Waals surface area contributed by atoms with Crippen LogP contribution in [0.4, 0.5) is 0 Å². The molecule has 3 nitrogen and oxygen atoms in total. The molecule has 0 aliphatic rings. The first kappa shape index (κ1) is 14.0. The van der Waals surface area contributed by atoms with E-state index in [1.165, 1.54) is 0 Å². The molecule has 0 unspecified atom stereocenters. The van der Waals surface area contributed by atoms with Crippen molar-refractivity contribution >= 4 is 5.97 Å². The first-order valence-electron chi connectivity index (χ1n) is 5.69. The van der Waals surface area contributed by atoms with Crippen LogP contribution in [-0.4, -0.2) is 12.6 Å². The van der Waals surface area contributed by atoms with E-state index in [-0.39, 0.29) is 18.3 Å². The maximum Gasteiger partial charge on any atom is 0.307 e. The molecule has 3 heteroatoms. The van der Waals surface area contributed by atoms with E-state index < -0.39 is 0 Å². The number of carbonyl (C=O) groups excluding carboxylic acids is 1. The van der Waals surface area contributed by atoms with Gasteiger partial charge in [0.2, 0.25) is 0 Å². The van der Waals surface area contributed by atoms with Crippen LogP contribution in [0.3, 0.4) is 0 Å². The number of rotatable bonds is 7. The minimum atomic E-state index is -0.257. The van der Waals surface area contributed by atoms with Gasteiger partial charge in [0.1, 0.15) is 0 Å². The second kappa shape index (κ2) is 8.28. The van der Waals surface area contributed by atoms with Gasteiger partial charge in [0.05, 0.1) is 25.0 Å². The van der Waals surface area contributed by atoms with E-state index in [1.54, 1.807) is 6.92 Å². The van der Waals surface area contributed by atoms with Crippen molar-refractivity contribution in [2.75, 3.05) is 6.61 Å². The number of carbonyl (C=O) groups is 1. The van der Waals surface area contributed by atoms with Crippen LogP contribution in [0, 0.1) is 23.2 Å². The third-order valence-electron chi connectivity index (χ3n) is 2.37. The fourth-order valence-corrected chi connectivity index (χ4v) is 1.70. The highest BCUT2D eigenvalue weighted by atomic mass is 16.5. The van der Waals surface area contributed by atoms with Crippen LogP contribution in [0.5, 0.6) is 0 Å². The Hall–Kier alpha value is -1.04. The lowest BCUT2D eigenvalue weighted by Gasteiger charge is -2.13. The quantitative estimate of drug-likeness (QED) is 0.608. The van der Waals surface area contributed by atoms with Gasteiger partial charge in [-0.25, -0.2) is 0 Å². The Morgan fingerprint density at radius 1 is 1.47 bits per heavy atom. The zero-order valence-electron chi connectivity index (χ0n) is 9.95. The first-order valence-corrected chi connectivity index (χ1v) is 5.69. The molecule has 0 bridgehead atoms. The van der Waals surface area contributed by atoms with E-state index in [0.717, 1.165) is 19.3 Å². The average Bonchev–Trinajstić information content (AvgIpc) is 2.17. The van der Waals surface area contributed by atoms with Crippen molar-refractivity contribution < 1.29 is 9.53 Å². The summed E-state index contributed by atoms with van der Waals surface area (Å²) in [6.45, 7) is 6.42. The smallest absolute Gasteiger partial charge is 0.307 e. The SMILES string of the molecule is CCC[C@@H](C)C[C@H](C#N)CC(=O)OCC. The molecular formula is C12H21NO2. The summed E-state index contributed by atoms with van der Waals surface area (Å²) in [5.41, 5.74) is 0. The Kier molecular flexibility index (Phi) is 7.71. The molecule has 15 heavy (non-hydrogen) atoms. The molecule has 0 saturated heterocycles. The van der Waals surface area contributed by atoms with Gasteiger partial charge in [-0.1, -0.05) is 26.7 Å². The summed E-state index contributed by atoms with van der Waals surface area (Å²) in [6.07, 6.45) is 3.27. The zero-order valence-corrected chi connectivity index (χ0v) is 9.95. The molecule has 0 fully saturated rings. The highest BCUT2D eigenvalue weighted by molar-refractivity contribution is 5.70. The predicted molar refractivity (Wildman–Crippen MR) is 59.0 cm³/mol. The van der Waals surface area contributed by atoms with E-state index in [4.69, 9.17) is 10.00 Å². The summed E-state index contributed by atoms with van der Waals surface area (Å²) in [6, 6.07) is 2.18. The van der Waals surface area contributed by atoms with Crippen molar-refractivity contribution in [3.05, 3.63) is 0 Å². The normalized spacial score (nSPS) is 14.0. The number of hydrogen-bond acceptors (Lipinski definition) is 3. The molecule has 86 valence electrons. The second-order valence-corrected chi connectivity index (χ2v) is 3.96. The van der Waals surface area contributed by atoms with Crippen LogP contribution < -0.4 is 0 Å². The molecule has 0 aromatic rings. The van der Waals surface area contributed by atoms with E-state index in [2.05, 4.69) is 19.9 Å². The van der Waals surface area contributed by atoms with Gasteiger partial charge in [-0.2, -0.15) is 5.26 Å². The Labute approximate surface area is 92.4 Å². The standard InChI is InChI=1S/C12H21NO2/c1-4-6-10(3)7-11(9-13)8-12(14)15-5-2/h10-11H,4-8H2,1-3H3/t10-,11+/m1/s1. The van der Waals surface area contributed by atoms with Gasteiger partial charge in [-0.15, -0.1) is 0 Å². The van der Waals surface area contributed by atoms with Crippen molar-refractivity contribution in [1.82, 2.24) is 0 Å². The van der Waals surface area contributed by atoms with Gasteiger partial charge >= 0.3 is 5.97 Å². The minimum absolute atomic E-state index is 0.189. The number of nitriles is 1. The molecule has 0 amide bonds. The second-order valence-electron chi connectivity index (χ2n) is 3.96. The van der Waals surface area contributed by atoms with Crippen molar-refractivity contribution in [2.45, 2.75) is 46.5 Å². The molecule has 0 radical (unpaired) electrons. The Morgan fingerprint density at radius 2 is 2.13 bits per heavy atom. The predicted octanol–water partition coefficient (Wildman–Crippen LogP) is 2.91. The van der Waals surface area contributed by atoms with E-state index in [0.29, 0.717) is 12.5 Å². The first-order chi connectivity index (χ1) is 7.13. The van der Waals surface area contributed by atoms with E-state index in [1.807, 2.05) is 0 Å².